The van der Waals surface area contributed by atoms with Crippen molar-refractivity contribution in [1.29, 1.82) is 0 Å². The average Bonchev–Trinajstić information content (AvgIpc) is 3.22. The molecule has 1 heterocycles. The van der Waals surface area contributed by atoms with Crippen LogP contribution in [0.25, 0.3) is 0 Å². The average molecular weight is 307 g/mol. The molecular weight excluding hydrogens is 280 g/mol. The zero-order chi connectivity index (χ0) is 15.2. The van der Waals surface area contributed by atoms with Gasteiger partial charge < -0.3 is 10.2 Å². The van der Waals surface area contributed by atoms with Gasteiger partial charge in [-0.25, -0.2) is 0 Å². The minimum absolute atomic E-state index is 0.236. The number of rotatable bonds is 3. The second-order valence-electron chi connectivity index (χ2n) is 7.47. The Balaban J connectivity index is 1.93. The van der Waals surface area contributed by atoms with Gasteiger partial charge in [0.05, 0.1) is 10.7 Å². The van der Waals surface area contributed by atoms with Crippen LogP contribution in [0.1, 0.15) is 39.2 Å². The number of hydrogen-bond acceptors (Lipinski definition) is 2. The summed E-state index contributed by atoms with van der Waals surface area (Å²) in [6.45, 7) is 11.2. The molecule has 2 atom stereocenters. The van der Waals surface area contributed by atoms with Crippen molar-refractivity contribution < 1.29 is 0 Å². The summed E-state index contributed by atoms with van der Waals surface area (Å²) in [6.07, 6.45) is 2.73. The van der Waals surface area contributed by atoms with Crippen LogP contribution in [0.4, 0.5) is 5.69 Å². The van der Waals surface area contributed by atoms with Crippen molar-refractivity contribution in [2.45, 2.75) is 52.1 Å². The molecule has 2 fully saturated rings. The quantitative estimate of drug-likeness (QED) is 0.898. The fourth-order valence-corrected chi connectivity index (χ4v) is 4.02. The molecule has 116 valence electrons. The predicted molar refractivity (Wildman–Crippen MR) is 91.3 cm³/mol. The molecule has 2 aliphatic rings. The van der Waals surface area contributed by atoms with Crippen molar-refractivity contribution in [3.63, 3.8) is 0 Å². The van der Waals surface area contributed by atoms with Crippen molar-refractivity contribution in [1.82, 2.24) is 5.32 Å². The Morgan fingerprint density at radius 3 is 2.62 bits per heavy atom. The molecule has 0 bridgehead atoms. The first-order valence-corrected chi connectivity index (χ1v) is 8.56. The lowest BCUT2D eigenvalue weighted by molar-refractivity contribution is 0.233. The monoisotopic (exact) mass is 306 g/mol. The number of anilines is 1. The van der Waals surface area contributed by atoms with Crippen LogP contribution >= 0.6 is 11.6 Å². The summed E-state index contributed by atoms with van der Waals surface area (Å²) in [7, 11) is 0. The van der Waals surface area contributed by atoms with Gasteiger partial charge in [-0.15, -0.1) is 0 Å². The van der Waals surface area contributed by atoms with E-state index in [1.807, 2.05) is 0 Å². The van der Waals surface area contributed by atoms with Crippen molar-refractivity contribution in [2.24, 2.45) is 11.8 Å². The molecular formula is C18H27ClN2. The third-order valence-electron chi connectivity index (χ3n) is 5.27. The van der Waals surface area contributed by atoms with E-state index in [2.05, 4.69) is 56.1 Å². The molecule has 3 heteroatoms. The number of nitrogens with one attached hydrogen (secondary N) is 1. The number of aryl methyl sites for hydroxylation is 1. The van der Waals surface area contributed by atoms with Crippen LogP contribution in [0.5, 0.6) is 0 Å². The number of halogens is 1. The van der Waals surface area contributed by atoms with Gasteiger partial charge in [-0.2, -0.15) is 0 Å². The molecule has 1 aliphatic carbocycles. The lowest BCUT2D eigenvalue weighted by Gasteiger charge is -2.49. The summed E-state index contributed by atoms with van der Waals surface area (Å²) < 4.78 is 0. The fraction of sp³-hybridized carbons (Fsp3) is 0.667. The maximum Gasteiger partial charge on any atom is 0.0642 e. The molecule has 0 aromatic heterocycles. The SMILES string of the molecule is Cc1ccc(N2CC(C)(C3CC3)NCC2C(C)C)c(Cl)c1. The molecule has 1 aliphatic heterocycles. The lowest BCUT2D eigenvalue weighted by Crippen LogP contribution is -2.65. The topological polar surface area (TPSA) is 15.3 Å². The highest BCUT2D eigenvalue weighted by atomic mass is 35.5. The molecule has 1 saturated heterocycles. The van der Waals surface area contributed by atoms with Crippen LogP contribution in [-0.4, -0.2) is 24.7 Å². The van der Waals surface area contributed by atoms with Gasteiger partial charge in [-0.1, -0.05) is 31.5 Å². The molecule has 0 radical (unpaired) electrons. The van der Waals surface area contributed by atoms with E-state index < -0.39 is 0 Å². The zero-order valence-corrected chi connectivity index (χ0v) is 14.4. The Morgan fingerprint density at radius 1 is 1.33 bits per heavy atom. The third-order valence-corrected chi connectivity index (χ3v) is 5.58. The van der Waals surface area contributed by atoms with Crippen LogP contribution in [0, 0.1) is 18.8 Å². The van der Waals surface area contributed by atoms with Crippen molar-refractivity contribution >= 4 is 17.3 Å². The van der Waals surface area contributed by atoms with E-state index in [0.29, 0.717) is 12.0 Å². The van der Waals surface area contributed by atoms with Crippen LogP contribution in [0.15, 0.2) is 18.2 Å². The summed E-state index contributed by atoms with van der Waals surface area (Å²) in [5.74, 6) is 1.44. The molecule has 3 rings (SSSR count). The van der Waals surface area contributed by atoms with Crippen molar-refractivity contribution in [3.8, 4) is 0 Å². The lowest BCUT2D eigenvalue weighted by atomic mass is 9.87. The minimum atomic E-state index is 0.236. The first-order chi connectivity index (χ1) is 9.90. The van der Waals surface area contributed by atoms with E-state index in [0.717, 1.165) is 24.0 Å². The molecule has 1 saturated carbocycles. The van der Waals surface area contributed by atoms with Gasteiger partial charge in [0.2, 0.25) is 0 Å². The number of hydrogen-bond donors (Lipinski definition) is 1. The van der Waals surface area contributed by atoms with Gasteiger partial charge in [0, 0.05) is 24.7 Å². The first kappa shape index (κ1) is 15.2. The summed E-state index contributed by atoms with van der Waals surface area (Å²) in [5.41, 5.74) is 2.67. The van der Waals surface area contributed by atoms with Gasteiger partial charge >= 0.3 is 0 Å². The maximum absolute atomic E-state index is 6.56. The predicted octanol–water partition coefficient (Wildman–Crippen LogP) is 4.25. The van der Waals surface area contributed by atoms with Gasteiger partial charge in [0.1, 0.15) is 0 Å². The largest absolute Gasteiger partial charge is 0.364 e. The summed E-state index contributed by atoms with van der Waals surface area (Å²) in [6, 6.07) is 6.97. The number of piperazine rings is 1. The Bertz CT molecular complexity index is 524. The molecule has 1 N–H and O–H groups in total. The Kier molecular flexibility index (Phi) is 3.96. The van der Waals surface area contributed by atoms with Gasteiger partial charge in [-0.05, 0) is 56.2 Å². The second-order valence-corrected chi connectivity index (χ2v) is 7.87. The van der Waals surface area contributed by atoms with E-state index in [1.165, 1.54) is 24.1 Å². The maximum atomic E-state index is 6.56. The molecule has 0 amide bonds. The summed E-state index contributed by atoms with van der Waals surface area (Å²) in [4.78, 5) is 2.56. The highest BCUT2D eigenvalue weighted by Crippen LogP contribution is 2.43. The molecule has 2 nitrogen and oxygen atoms in total. The molecule has 1 aromatic carbocycles. The standard InChI is InChI=1S/C18H27ClN2/c1-12(2)17-10-20-18(4,14-6-7-14)11-21(17)16-8-5-13(3)9-15(16)19/h5,8-9,12,14,17,20H,6-7,10-11H2,1-4H3. The highest BCUT2D eigenvalue weighted by molar-refractivity contribution is 6.33. The van der Waals surface area contributed by atoms with E-state index in [-0.39, 0.29) is 5.54 Å². The Morgan fingerprint density at radius 2 is 2.05 bits per heavy atom. The van der Waals surface area contributed by atoms with E-state index in [9.17, 15) is 0 Å². The van der Waals surface area contributed by atoms with Gasteiger partial charge in [-0.3, -0.25) is 0 Å². The van der Waals surface area contributed by atoms with Crippen molar-refractivity contribution in [3.05, 3.63) is 28.8 Å². The summed E-state index contributed by atoms with van der Waals surface area (Å²) >= 11 is 6.56. The van der Waals surface area contributed by atoms with Gasteiger partial charge in [0.15, 0.2) is 0 Å². The highest BCUT2D eigenvalue weighted by Gasteiger charge is 2.46. The van der Waals surface area contributed by atoms with E-state index in [1.54, 1.807) is 0 Å². The second kappa shape index (κ2) is 5.48. The normalized spacial score (nSPS) is 30.0. The van der Waals surface area contributed by atoms with Crippen LogP contribution in [-0.2, 0) is 0 Å². The Labute approximate surface area is 133 Å². The zero-order valence-electron chi connectivity index (χ0n) is 13.6. The molecule has 2 unspecified atom stereocenters. The third kappa shape index (κ3) is 2.93. The number of nitrogens with zero attached hydrogens (tertiary/aromatic N) is 1. The van der Waals surface area contributed by atoms with Crippen LogP contribution < -0.4 is 10.2 Å². The smallest absolute Gasteiger partial charge is 0.0642 e. The fourth-order valence-electron chi connectivity index (χ4n) is 3.67. The Hall–Kier alpha value is -0.730. The van der Waals surface area contributed by atoms with Gasteiger partial charge in [0.25, 0.3) is 0 Å². The molecule has 0 spiro atoms. The minimum Gasteiger partial charge on any atom is -0.364 e. The van der Waals surface area contributed by atoms with E-state index >= 15 is 0 Å². The van der Waals surface area contributed by atoms with Crippen LogP contribution in [0.2, 0.25) is 5.02 Å². The summed E-state index contributed by atoms with van der Waals surface area (Å²) in [5, 5.41) is 4.72. The molecule has 21 heavy (non-hydrogen) atoms. The number of benzene rings is 1. The van der Waals surface area contributed by atoms with Crippen molar-refractivity contribution in [2.75, 3.05) is 18.0 Å². The first-order valence-electron chi connectivity index (χ1n) is 8.18. The molecule has 1 aromatic rings. The van der Waals surface area contributed by atoms with E-state index in [4.69, 9.17) is 11.6 Å². The van der Waals surface area contributed by atoms with Crippen LogP contribution in [0.3, 0.4) is 0 Å².